The van der Waals surface area contributed by atoms with Gasteiger partial charge in [-0.05, 0) is 92.2 Å². The molecule has 10 aromatic rings. The number of imidazole rings is 1. The maximum absolute atomic E-state index is 9.41. The molecule has 0 aliphatic carbocycles. The summed E-state index contributed by atoms with van der Waals surface area (Å²) in [6.07, 6.45) is 5.43. The van der Waals surface area contributed by atoms with E-state index in [1.54, 1.807) is 16.8 Å². The Morgan fingerprint density at radius 3 is 2.06 bits per heavy atom. The maximum Gasteiger partial charge on any atom is 0.268 e. The second kappa shape index (κ2) is 17.9. The summed E-state index contributed by atoms with van der Waals surface area (Å²) in [6.45, 7) is 19.9. The molecule has 338 valence electrons. The van der Waals surface area contributed by atoms with Crippen molar-refractivity contribution in [2.45, 2.75) is 79.1 Å². The van der Waals surface area contributed by atoms with Crippen LogP contribution in [0.4, 0.5) is 0 Å². The van der Waals surface area contributed by atoms with E-state index in [1.165, 1.54) is 11.1 Å². The van der Waals surface area contributed by atoms with Crippen LogP contribution in [0.2, 0.25) is 0 Å². The number of rotatable bonds is 9. The molecule has 67 heavy (non-hydrogen) atoms. The second-order valence-electron chi connectivity index (χ2n) is 19.6. The molecule has 3 aromatic heterocycles. The molecule has 3 heterocycles. The van der Waals surface area contributed by atoms with Gasteiger partial charge in [0.15, 0.2) is 0 Å². The van der Waals surface area contributed by atoms with Crippen molar-refractivity contribution in [1.82, 2.24) is 14.1 Å². The Labute approximate surface area is 418 Å². The molecule has 0 amide bonds. The van der Waals surface area contributed by atoms with Crippen LogP contribution in [0.15, 0.2) is 164 Å². The van der Waals surface area contributed by atoms with Crippen molar-refractivity contribution in [2.24, 2.45) is 5.92 Å². The Morgan fingerprint density at radius 1 is 0.642 bits per heavy atom. The minimum Gasteiger partial charge on any atom is -0.510 e. The van der Waals surface area contributed by atoms with Crippen molar-refractivity contribution >= 4 is 32.8 Å². The quantitative estimate of drug-likeness (QED) is 0.107. The van der Waals surface area contributed by atoms with Gasteiger partial charge in [0.25, 0.3) is 6.33 Å². The molecule has 0 fully saturated rings. The molecule has 0 aliphatic rings. The van der Waals surface area contributed by atoms with Gasteiger partial charge in [0.2, 0.25) is 0 Å². The summed E-state index contributed by atoms with van der Waals surface area (Å²) in [5.41, 5.74) is 11.3. The SMILES string of the molecule is [2H]c1c(Oc2[c-]c(-n3[c-][n+](-c4c(-c5ccccc5)cccc4-c4cc(C(C)(C)C)cc(C(C)(C)C)c4)c4ccccc43)ccc2)[c-]c2c(c1[2H])c1c([2H])c([2H])c([2H])c([2H])c1n2-c1cc(C(C)C(C)C)ccn1.[Pt]. The van der Waals surface area contributed by atoms with Crippen LogP contribution in [-0.4, -0.2) is 14.1 Å². The van der Waals surface area contributed by atoms with Crippen LogP contribution in [0.3, 0.4) is 0 Å². The van der Waals surface area contributed by atoms with E-state index in [1.807, 2.05) is 47.0 Å². The third-order valence-corrected chi connectivity index (χ3v) is 12.7. The molecule has 0 spiro atoms. The summed E-state index contributed by atoms with van der Waals surface area (Å²) in [4.78, 5) is 4.71. The number of para-hydroxylation sites is 4. The van der Waals surface area contributed by atoms with E-state index in [9.17, 15) is 2.74 Å². The Morgan fingerprint density at radius 2 is 1.33 bits per heavy atom. The Hall–Kier alpha value is -6.55. The number of nitrogens with zero attached hydrogens (tertiary/aromatic N) is 4. The minimum absolute atomic E-state index is 0. The number of fused-ring (bicyclic) bond motifs is 4. The summed E-state index contributed by atoms with van der Waals surface area (Å²) in [6, 6.07) is 46.1. The summed E-state index contributed by atoms with van der Waals surface area (Å²) in [7, 11) is 0. The van der Waals surface area contributed by atoms with Gasteiger partial charge >= 0.3 is 0 Å². The van der Waals surface area contributed by atoms with Crippen molar-refractivity contribution < 1.29 is 38.6 Å². The first-order valence-corrected chi connectivity index (χ1v) is 22.7. The zero-order valence-corrected chi connectivity index (χ0v) is 41.6. The molecule has 0 N–H and O–H groups in total. The second-order valence-corrected chi connectivity index (χ2v) is 19.6. The zero-order chi connectivity index (χ0) is 51.1. The average Bonchev–Trinajstić information content (AvgIpc) is 3.93. The van der Waals surface area contributed by atoms with E-state index < -0.39 is 12.1 Å². The first-order valence-electron chi connectivity index (χ1n) is 25.7. The monoisotopic (exact) mass is 1060 g/mol. The van der Waals surface area contributed by atoms with Gasteiger partial charge in [-0.15, -0.1) is 29.6 Å². The molecule has 1 atom stereocenters. The van der Waals surface area contributed by atoms with Crippen LogP contribution in [0.25, 0.3) is 72.3 Å². The Bertz CT molecular complexity index is 3740. The topological polar surface area (TPSA) is 35.9 Å². The molecule has 6 heteroatoms. The van der Waals surface area contributed by atoms with Gasteiger partial charge in [-0.3, -0.25) is 4.57 Å². The van der Waals surface area contributed by atoms with Gasteiger partial charge in [0, 0.05) is 45.6 Å². The molecule has 0 aliphatic heterocycles. The summed E-state index contributed by atoms with van der Waals surface area (Å²) < 4.78 is 66.3. The summed E-state index contributed by atoms with van der Waals surface area (Å²) in [5.74, 6) is 1.05. The maximum atomic E-state index is 9.41. The van der Waals surface area contributed by atoms with Gasteiger partial charge < -0.3 is 13.9 Å². The molecular weight excluding hydrogens is 1000 g/mol. The predicted molar refractivity (Wildman–Crippen MR) is 271 cm³/mol. The molecule has 10 rings (SSSR count). The standard InChI is InChI=1S/C61H56N4O.Pt/c1-40(2)41(3)43-31-32-62-58(35-43)65-54-26-14-13-23-52(54)53-30-29-49(38-57(53)65)66-48-22-17-21-47(37-48)63-39-64(56-28-16-15-27-55(56)63)59-50(42-19-11-10-12-20-42)24-18-25-51(59)44-33-45(60(4,5)6)36-46(34-44)61(7,8)9;/h10-36,40-41H,1-9H3;/q-2;/i13D,14D,23D,26D,29D,30D;. The van der Waals surface area contributed by atoms with Gasteiger partial charge in [-0.1, -0.05) is 177 Å². The summed E-state index contributed by atoms with van der Waals surface area (Å²) in [5, 5.41) is 0.274. The molecule has 0 saturated heterocycles. The Kier molecular flexibility index (Phi) is 10.3. The zero-order valence-electron chi connectivity index (χ0n) is 45.3. The normalized spacial score (nSPS) is 13.8. The average molecular weight is 1060 g/mol. The van der Waals surface area contributed by atoms with Gasteiger partial charge in [-0.25, -0.2) is 4.98 Å². The number of pyridine rings is 1. The molecule has 1 unspecified atom stereocenters. The minimum atomic E-state index is -0.431. The van der Waals surface area contributed by atoms with Crippen molar-refractivity contribution in [1.29, 1.82) is 0 Å². The summed E-state index contributed by atoms with van der Waals surface area (Å²) >= 11 is 0. The van der Waals surface area contributed by atoms with Crippen LogP contribution in [-0.2, 0) is 31.9 Å². The van der Waals surface area contributed by atoms with Gasteiger partial charge in [0.1, 0.15) is 5.82 Å². The van der Waals surface area contributed by atoms with Gasteiger partial charge in [0.05, 0.1) is 22.2 Å². The Balaban J connectivity index is 0.00000656. The van der Waals surface area contributed by atoms with E-state index in [0.29, 0.717) is 17.4 Å². The third kappa shape index (κ3) is 8.67. The predicted octanol–water partition coefficient (Wildman–Crippen LogP) is 15.3. The van der Waals surface area contributed by atoms with E-state index >= 15 is 0 Å². The van der Waals surface area contributed by atoms with E-state index in [-0.39, 0.29) is 95.3 Å². The van der Waals surface area contributed by atoms with Crippen LogP contribution in [0, 0.1) is 24.4 Å². The third-order valence-electron chi connectivity index (χ3n) is 12.7. The first-order chi connectivity index (χ1) is 34.2. The fraction of sp³-hybridized carbons (Fsp3) is 0.213. The fourth-order valence-electron chi connectivity index (χ4n) is 8.66. The van der Waals surface area contributed by atoms with Crippen molar-refractivity contribution in [2.75, 3.05) is 0 Å². The number of hydrogen-bond acceptors (Lipinski definition) is 2. The molecule has 7 aromatic carbocycles. The van der Waals surface area contributed by atoms with Crippen LogP contribution in [0.5, 0.6) is 11.5 Å². The van der Waals surface area contributed by atoms with E-state index in [0.717, 1.165) is 44.5 Å². The molecule has 0 radical (unpaired) electrons. The smallest absolute Gasteiger partial charge is 0.268 e. The molecule has 0 saturated carbocycles. The largest absolute Gasteiger partial charge is 0.510 e. The number of benzene rings is 7. The molecular formula is C61H56N4OPt-2. The van der Waals surface area contributed by atoms with Crippen LogP contribution in [0.1, 0.15) is 93.1 Å². The van der Waals surface area contributed by atoms with Crippen molar-refractivity contribution in [3.8, 4) is 50.9 Å². The number of aromatic nitrogens is 4. The van der Waals surface area contributed by atoms with Gasteiger partial charge in [-0.2, -0.15) is 18.2 Å². The van der Waals surface area contributed by atoms with Crippen molar-refractivity contribution in [3.63, 3.8) is 0 Å². The fourth-order valence-corrected chi connectivity index (χ4v) is 8.66. The molecule has 5 nitrogen and oxygen atoms in total. The van der Waals surface area contributed by atoms with Crippen LogP contribution >= 0.6 is 0 Å². The number of hydrogen-bond donors (Lipinski definition) is 0. The van der Waals surface area contributed by atoms with Crippen LogP contribution < -0.4 is 9.30 Å². The van der Waals surface area contributed by atoms with Crippen molar-refractivity contribution in [3.05, 3.63) is 199 Å². The van der Waals surface area contributed by atoms with E-state index in [2.05, 4.69) is 158 Å². The van der Waals surface area contributed by atoms with E-state index in [4.69, 9.17) is 15.2 Å². The number of ether oxygens (including phenoxy) is 1. The molecule has 0 bridgehead atoms. The first kappa shape index (κ1) is 38.5.